The van der Waals surface area contributed by atoms with Crippen LogP contribution in [-0.4, -0.2) is 11.5 Å². The van der Waals surface area contributed by atoms with Crippen molar-refractivity contribution in [1.29, 1.82) is 0 Å². The first-order chi connectivity index (χ1) is 11.3. The van der Waals surface area contributed by atoms with Crippen LogP contribution in [0.3, 0.4) is 0 Å². The Labute approximate surface area is 150 Å². The third kappa shape index (κ3) is 4.73. The molecule has 0 saturated heterocycles. The van der Waals surface area contributed by atoms with Crippen LogP contribution in [0.5, 0.6) is 0 Å². The van der Waals surface area contributed by atoms with Crippen molar-refractivity contribution in [3.63, 3.8) is 0 Å². The minimum Gasteiger partial charge on any atom is -0.295 e. The number of carbonyl (C=O) groups is 1. The molecule has 1 aromatic carbocycles. The molecule has 0 aromatic heterocycles. The molecule has 0 unspecified atom stereocenters. The zero-order chi connectivity index (χ0) is 17.7. The average Bonchev–Trinajstić information content (AvgIpc) is 2.54. The minimum absolute atomic E-state index is 0.173. The maximum Gasteiger partial charge on any atom is 0.155 e. The summed E-state index contributed by atoms with van der Waals surface area (Å²) in [5, 5.41) is 0. The second-order valence-corrected chi connectivity index (χ2v) is 8.25. The monoisotopic (exact) mass is 340 g/mol. The van der Waals surface area contributed by atoms with Crippen LogP contribution in [0.15, 0.2) is 53.0 Å². The lowest BCUT2D eigenvalue weighted by molar-refractivity contribution is -0.114. The van der Waals surface area contributed by atoms with E-state index in [1.54, 1.807) is 6.08 Å². The van der Waals surface area contributed by atoms with Crippen LogP contribution >= 0.6 is 11.8 Å². The van der Waals surface area contributed by atoms with E-state index in [4.69, 9.17) is 0 Å². The van der Waals surface area contributed by atoms with Crippen molar-refractivity contribution in [3.8, 4) is 0 Å². The van der Waals surface area contributed by atoms with Gasteiger partial charge in [0.15, 0.2) is 5.78 Å². The highest BCUT2D eigenvalue weighted by Crippen LogP contribution is 2.42. The zero-order valence-corrected chi connectivity index (χ0v) is 16.3. The van der Waals surface area contributed by atoms with Gasteiger partial charge in [-0.25, -0.2) is 0 Å². The summed E-state index contributed by atoms with van der Waals surface area (Å²) in [4.78, 5) is 12.8. The molecule has 2 heteroatoms. The normalized spacial score (nSPS) is 17.9. The summed E-state index contributed by atoms with van der Waals surface area (Å²) in [7, 11) is 0. The van der Waals surface area contributed by atoms with Gasteiger partial charge >= 0.3 is 0 Å². The second-order valence-electron chi connectivity index (χ2n) is 7.11. The summed E-state index contributed by atoms with van der Waals surface area (Å²) in [6.45, 7) is 10.7. The van der Waals surface area contributed by atoms with E-state index in [1.807, 2.05) is 37.8 Å². The number of carbonyl (C=O) groups excluding carboxylic acids is 1. The lowest BCUT2D eigenvalue weighted by Crippen LogP contribution is -2.22. The van der Waals surface area contributed by atoms with Crippen molar-refractivity contribution >= 4 is 23.1 Å². The predicted octanol–water partition coefficient (Wildman–Crippen LogP) is 6.34. The summed E-state index contributed by atoms with van der Waals surface area (Å²) in [5.74, 6) is 1.38. The molecule has 0 aliphatic carbocycles. The van der Waals surface area contributed by atoms with E-state index in [2.05, 4.69) is 45.0 Å². The summed E-state index contributed by atoms with van der Waals surface area (Å²) in [5.41, 5.74) is 5.24. The molecule has 0 saturated carbocycles. The maximum absolute atomic E-state index is 11.4. The number of rotatable bonds is 5. The number of ketones is 1. The lowest BCUT2D eigenvalue weighted by Gasteiger charge is -2.32. The standard InChI is InChI=1S/C22H28OS/c1-6-19(23)14-16(2)8-7-9-17(3)18-10-11-21-20(15-18)22(4,5)12-13-24-21/h7-11,14-15H,6,12-13H2,1-5H3/b8-7+,16-14+,17-9+. The van der Waals surface area contributed by atoms with Gasteiger partial charge in [0.25, 0.3) is 0 Å². The predicted molar refractivity (Wildman–Crippen MR) is 107 cm³/mol. The van der Waals surface area contributed by atoms with Crippen LogP contribution < -0.4 is 0 Å². The molecular weight excluding hydrogens is 312 g/mol. The summed E-state index contributed by atoms with van der Waals surface area (Å²) >= 11 is 1.97. The van der Waals surface area contributed by atoms with Crippen LogP contribution in [0.25, 0.3) is 5.57 Å². The lowest BCUT2D eigenvalue weighted by atomic mass is 9.80. The molecule has 0 bridgehead atoms. The highest BCUT2D eigenvalue weighted by Gasteiger charge is 2.27. The van der Waals surface area contributed by atoms with Gasteiger partial charge in [0.05, 0.1) is 0 Å². The van der Waals surface area contributed by atoms with E-state index in [-0.39, 0.29) is 11.2 Å². The Kier molecular flexibility index (Phi) is 6.28. The molecule has 0 spiro atoms. The molecule has 0 fully saturated rings. The van der Waals surface area contributed by atoms with E-state index in [1.165, 1.54) is 33.8 Å². The number of fused-ring (bicyclic) bond motifs is 1. The smallest absolute Gasteiger partial charge is 0.155 e. The average molecular weight is 341 g/mol. The molecule has 1 heterocycles. The van der Waals surface area contributed by atoms with Gasteiger partial charge in [-0.1, -0.05) is 45.1 Å². The van der Waals surface area contributed by atoms with Crippen molar-refractivity contribution in [2.75, 3.05) is 5.75 Å². The first-order valence-corrected chi connectivity index (χ1v) is 9.66. The van der Waals surface area contributed by atoms with Gasteiger partial charge in [-0.15, -0.1) is 11.8 Å². The maximum atomic E-state index is 11.4. The third-order valence-corrected chi connectivity index (χ3v) is 5.67. The summed E-state index contributed by atoms with van der Waals surface area (Å²) in [6, 6.07) is 6.84. The van der Waals surface area contributed by atoms with Gasteiger partial charge in [0, 0.05) is 11.3 Å². The molecule has 128 valence electrons. The number of hydrogen-bond acceptors (Lipinski definition) is 2. The van der Waals surface area contributed by atoms with Crippen molar-refractivity contribution in [2.45, 2.75) is 57.8 Å². The van der Waals surface area contributed by atoms with Crippen molar-refractivity contribution < 1.29 is 4.79 Å². The van der Waals surface area contributed by atoms with Crippen molar-refractivity contribution in [2.24, 2.45) is 0 Å². The van der Waals surface area contributed by atoms with Gasteiger partial charge in [0.2, 0.25) is 0 Å². The Morgan fingerprint density at radius 2 is 2.04 bits per heavy atom. The Morgan fingerprint density at radius 3 is 2.75 bits per heavy atom. The van der Waals surface area contributed by atoms with Crippen LogP contribution in [0.2, 0.25) is 0 Å². The highest BCUT2D eigenvalue weighted by atomic mass is 32.2. The van der Waals surface area contributed by atoms with Crippen LogP contribution in [0.4, 0.5) is 0 Å². The first kappa shape index (κ1) is 18.8. The van der Waals surface area contributed by atoms with Gasteiger partial charge in [0.1, 0.15) is 0 Å². The fourth-order valence-electron chi connectivity index (χ4n) is 2.83. The fourth-order valence-corrected chi connectivity index (χ4v) is 4.31. The molecule has 2 rings (SSSR count). The van der Waals surface area contributed by atoms with Crippen LogP contribution in [0.1, 0.15) is 58.6 Å². The Morgan fingerprint density at radius 1 is 1.29 bits per heavy atom. The van der Waals surface area contributed by atoms with E-state index in [9.17, 15) is 4.79 Å². The molecule has 0 radical (unpaired) electrons. The van der Waals surface area contributed by atoms with E-state index < -0.39 is 0 Å². The molecule has 1 nitrogen and oxygen atoms in total. The van der Waals surface area contributed by atoms with Crippen molar-refractivity contribution in [1.82, 2.24) is 0 Å². The number of benzene rings is 1. The topological polar surface area (TPSA) is 17.1 Å². The van der Waals surface area contributed by atoms with E-state index >= 15 is 0 Å². The number of allylic oxidation sites excluding steroid dienone is 6. The molecule has 24 heavy (non-hydrogen) atoms. The number of hydrogen-bond donors (Lipinski definition) is 0. The second kappa shape index (κ2) is 8.02. The van der Waals surface area contributed by atoms with Crippen molar-refractivity contribution in [3.05, 3.63) is 59.2 Å². The number of thioether (sulfide) groups is 1. The molecule has 1 aromatic rings. The van der Waals surface area contributed by atoms with E-state index in [0.29, 0.717) is 6.42 Å². The zero-order valence-electron chi connectivity index (χ0n) is 15.5. The van der Waals surface area contributed by atoms with Crippen LogP contribution in [0, 0.1) is 0 Å². The Bertz CT molecular complexity index is 705. The van der Waals surface area contributed by atoms with Gasteiger partial charge in [-0.2, -0.15) is 0 Å². The summed E-state index contributed by atoms with van der Waals surface area (Å²) in [6.07, 6.45) is 9.64. The molecule has 0 amide bonds. The molecule has 0 atom stereocenters. The summed E-state index contributed by atoms with van der Waals surface area (Å²) < 4.78 is 0. The van der Waals surface area contributed by atoms with Gasteiger partial charge in [-0.3, -0.25) is 4.79 Å². The quantitative estimate of drug-likeness (QED) is 0.459. The molecule has 1 aliphatic rings. The fraction of sp³-hybridized carbons (Fsp3) is 0.409. The van der Waals surface area contributed by atoms with Gasteiger partial charge < -0.3 is 0 Å². The molecular formula is C22H28OS. The largest absolute Gasteiger partial charge is 0.295 e. The SMILES string of the molecule is CCC(=O)/C=C(C)/C=C/C=C(\C)c1ccc2c(c1)C(C)(C)CCS2. The highest BCUT2D eigenvalue weighted by molar-refractivity contribution is 7.99. The van der Waals surface area contributed by atoms with Gasteiger partial charge in [-0.05, 0) is 71.9 Å². The Balaban J connectivity index is 2.20. The van der Waals surface area contributed by atoms with E-state index in [0.717, 1.165) is 5.57 Å². The van der Waals surface area contributed by atoms with Crippen LogP contribution in [-0.2, 0) is 10.2 Å². The third-order valence-electron chi connectivity index (χ3n) is 4.59. The molecule has 0 N–H and O–H groups in total. The molecule has 1 aliphatic heterocycles. The minimum atomic E-state index is 0.173. The Hall–Kier alpha value is -1.54. The first-order valence-electron chi connectivity index (χ1n) is 8.67.